The number of nitrogens with zero attached hydrogens (tertiary/aromatic N) is 1. The average Bonchev–Trinajstić information content (AvgIpc) is 2.38. The third-order valence-corrected chi connectivity index (χ3v) is 3.87. The fourth-order valence-electron chi connectivity index (χ4n) is 2.31. The molecule has 19 heavy (non-hydrogen) atoms. The summed E-state index contributed by atoms with van der Waals surface area (Å²) in [5.74, 6) is -1.75. The highest BCUT2D eigenvalue weighted by molar-refractivity contribution is 5.94. The first-order valence-corrected chi connectivity index (χ1v) is 6.38. The Bertz CT molecular complexity index is 462. The highest BCUT2D eigenvalue weighted by atomic mass is 19.1. The van der Waals surface area contributed by atoms with Gasteiger partial charge in [0, 0.05) is 30.3 Å². The number of halogens is 2. The quantitative estimate of drug-likeness (QED) is 0.891. The van der Waals surface area contributed by atoms with Crippen LogP contribution in [0.5, 0.6) is 0 Å². The molecule has 2 rings (SSSR count). The summed E-state index contributed by atoms with van der Waals surface area (Å²) in [5.41, 5.74) is 0.106. The smallest absolute Gasteiger partial charge is 0.254 e. The first-order chi connectivity index (χ1) is 8.93. The van der Waals surface area contributed by atoms with Gasteiger partial charge >= 0.3 is 0 Å². The topological polar surface area (TPSA) is 32.3 Å². The Morgan fingerprint density at radius 2 is 1.74 bits per heavy atom. The molecular weight excluding hydrogens is 250 g/mol. The van der Waals surface area contributed by atoms with Crippen LogP contribution in [0.3, 0.4) is 0 Å². The number of hydrogen-bond acceptors (Lipinski definition) is 2. The number of hydrogen-bond donors (Lipinski definition) is 1. The zero-order chi connectivity index (χ0) is 14.0. The Morgan fingerprint density at radius 1 is 1.21 bits per heavy atom. The number of nitrogens with one attached hydrogen (secondary N) is 1. The number of carbonyl (C=O) groups excluding carboxylic acids is 1. The van der Waals surface area contributed by atoms with E-state index >= 15 is 0 Å². The van der Waals surface area contributed by atoms with E-state index in [9.17, 15) is 13.6 Å². The van der Waals surface area contributed by atoms with Crippen molar-refractivity contribution >= 4 is 5.91 Å². The number of carbonyl (C=O) groups is 1. The van der Waals surface area contributed by atoms with Crippen LogP contribution in [-0.2, 0) is 0 Å². The molecule has 5 heteroatoms. The van der Waals surface area contributed by atoms with Crippen LogP contribution in [0.1, 0.15) is 30.1 Å². The van der Waals surface area contributed by atoms with E-state index in [0.717, 1.165) is 31.0 Å². The van der Waals surface area contributed by atoms with E-state index in [0.29, 0.717) is 13.1 Å². The van der Waals surface area contributed by atoms with Gasteiger partial charge in [-0.15, -0.1) is 0 Å². The number of rotatable bonds is 2. The van der Waals surface area contributed by atoms with Gasteiger partial charge in [-0.2, -0.15) is 0 Å². The average molecular weight is 268 g/mol. The summed E-state index contributed by atoms with van der Waals surface area (Å²) in [7, 11) is 1.90. The lowest BCUT2D eigenvalue weighted by Crippen LogP contribution is -2.51. The molecular formula is C14H18F2N2O. The predicted molar refractivity (Wildman–Crippen MR) is 69.0 cm³/mol. The van der Waals surface area contributed by atoms with Gasteiger partial charge in [-0.05, 0) is 38.9 Å². The normalized spacial score (nSPS) is 18.4. The van der Waals surface area contributed by atoms with Gasteiger partial charge in [-0.1, -0.05) is 0 Å². The van der Waals surface area contributed by atoms with E-state index < -0.39 is 11.6 Å². The van der Waals surface area contributed by atoms with Crippen molar-refractivity contribution in [2.75, 3.05) is 20.1 Å². The Balaban J connectivity index is 2.09. The van der Waals surface area contributed by atoms with E-state index in [2.05, 4.69) is 12.2 Å². The zero-order valence-electron chi connectivity index (χ0n) is 11.2. The first-order valence-electron chi connectivity index (χ1n) is 6.38. The molecule has 0 saturated carbocycles. The Hall–Kier alpha value is -1.49. The van der Waals surface area contributed by atoms with E-state index in [1.165, 1.54) is 0 Å². The van der Waals surface area contributed by atoms with Crippen LogP contribution in [0.2, 0.25) is 0 Å². The predicted octanol–water partition coefficient (Wildman–Crippen LogP) is 2.18. The van der Waals surface area contributed by atoms with Crippen LogP contribution in [0.15, 0.2) is 18.2 Å². The molecule has 0 spiro atoms. The molecule has 0 atom stereocenters. The number of piperidine rings is 1. The Labute approximate surface area is 111 Å². The Morgan fingerprint density at radius 3 is 2.21 bits per heavy atom. The summed E-state index contributed by atoms with van der Waals surface area (Å²) in [6.45, 7) is 3.29. The van der Waals surface area contributed by atoms with Crippen LogP contribution in [0.4, 0.5) is 8.78 Å². The van der Waals surface area contributed by atoms with Gasteiger partial charge in [0.05, 0.1) is 0 Å². The highest BCUT2D eigenvalue weighted by Gasteiger charge is 2.30. The van der Waals surface area contributed by atoms with Gasteiger partial charge in [-0.25, -0.2) is 8.78 Å². The van der Waals surface area contributed by atoms with Crippen molar-refractivity contribution in [3.05, 3.63) is 35.4 Å². The standard InChI is InChI=1S/C14H18F2N2O/c1-14(17-2)3-5-18(6-4-14)13(19)10-7-11(15)9-12(16)8-10/h7-9,17H,3-6H2,1-2H3. The Kier molecular flexibility index (Phi) is 3.85. The second kappa shape index (κ2) is 5.25. The SMILES string of the molecule is CNC1(C)CCN(C(=O)c2cc(F)cc(F)c2)CC1. The lowest BCUT2D eigenvalue weighted by atomic mass is 9.89. The minimum Gasteiger partial charge on any atom is -0.339 e. The molecule has 3 nitrogen and oxygen atoms in total. The number of benzene rings is 1. The summed E-state index contributed by atoms with van der Waals surface area (Å²) >= 11 is 0. The molecule has 1 saturated heterocycles. The van der Waals surface area contributed by atoms with Crippen molar-refractivity contribution in [3.63, 3.8) is 0 Å². The maximum Gasteiger partial charge on any atom is 0.254 e. The van der Waals surface area contributed by atoms with Crippen LogP contribution < -0.4 is 5.32 Å². The zero-order valence-corrected chi connectivity index (χ0v) is 11.2. The summed E-state index contributed by atoms with van der Waals surface area (Å²) < 4.78 is 26.2. The summed E-state index contributed by atoms with van der Waals surface area (Å²) in [6, 6.07) is 2.93. The van der Waals surface area contributed by atoms with Crippen molar-refractivity contribution in [1.29, 1.82) is 0 Å². The molecule has 0 aliphatic carbocycles. The number of amides is 1. The third kappa shape index (κ3) is 3.10. The molecule has 1 heterocycles. The second-order valence-electron chi connectivity index (χ2n) is 5.26. The molecule has 1 fully saturated rings. The fraction of sp³-hybridized carbons (Fsp3) is 0.500. The molecule has 0 radical (unpaired) electrons. The van der Waals surface area contributed by atoms with E-state index in [1.54, 1.807) is 4.90 Å². The first kappa shape index (κ1) is 13.9. The van der Waals surface area contributed by atoms with Crippen LogP contribution in [-0.4, -0.2) is 36.5 Å². The molecule has 1 aliphatic heterocycles. The molecule has 104 valence electrons. The number of likely N-dealkylation sites (tertiary alicyclic amines) is 1. The van der Waals surface area contributed by atoms with E-state index in [-0.39, 0.29) is 17.0 Å². The highest BCUT2D eigenvalue weighted by Crippen LogP contribution is 2.22. The molecule has 1 aliphatic rings. The summed E-state index contributed by atoms with van der Waals surface area (Å²) in [5, 5.41) is 3.24. The van der Waals surface area contributed by atoms with Crippen molar-refractivity contribution in [1.82, 2.24) is 10.2 Å². The van der Waals surface area contributed by atoms with Crippen LogP contribution in [0, 0.1) is 11.6 Å². The van der Waals surface area contributed by atoms with Crippen LogP contribution in [0.25, 0.3) is 0 Å². The van der Waals surface area contributed by atoms with Gasteiger partial charge in [0.2, 0.25) is 0 Å². The van der Waals surface area contributed by atoms with E-state index in [1.807, 2.05) is 7.05 Å². The molecule has 0 bridgehead atoms. The monoisotopic (exact) mass is 268 g/mol. The lowest BCUT2D eigenvalue weighted by Gasteiger charge is -2.39. The van der Waals surface area contributed by atoms with Gasteiger partial charge in [0.1, 0.15) is 11.6 Å². The van der Waals surface area contributed by atoms with Crippen molar-refractivity contribution in [2.24, 2.45) is 0 Å². The van der Waals surface area contributed by atoms with Gasteiger partial charge in [0.25, 0.3) is 5.91 Å². The minimum atomic E-state index is -0.722. The largest absolute Gasteiger partial charge is 0.339 e. The minimum absolute atomic E-state index is 0.0317. The summed E-state index contributed by atoms with van der Waals surface area (Å²) in [4.78, 5) is 13.8. The van der Waals surface area contributed by atoms with Crippen molar-refractivity contribution in [3.8, 4) is 0 Å². The van der Waals surface area contributed by atoms with Gasteiger partial charge < -0.3 is 10.2 Å². The van der Waals surface area contributed by atoms with E-state index in [4.69, 9.17) is 0 Å². The van der Waals surface area contributed by atoms with Gasteiger partial charge in [-0.3, -0.25) is 4.79 Å². The molecule has 1 aromatic carbocycles. The van der Waals surface area contributed by atoms with Gasteiger partial charge in [0.15, 0.2) is 0 Å². The van der Waals surface area contributed by atoms with Crippen molar-refractivity contribution in [2.45, 2.75) is 25.3 Å². The molecule has 1 amide bonds. The molecule has 0 aromatic heterocycles. The lowest BCUT2D eigenvalue weighted by molar-refractivity contribution is 0.0661. The maximum absolute atomic E-state index is 13.1. The summed E-state index contributed by atoms with van der Waals surface area (Å²) in [6.07, 6.45) is 1.65. The fourth-order valence-corrected chi connectivity index (χ4v) is 2.31. The van der Waals surface area contributed by atoms with Crippen LogP contribution >= 0.6 is 0 Å². The molecule has 1 aromatic rings. The maximum atomic E-state index is 13.1. The molecule has 0 unspecified atom stereocenters. The van der Waals surface area contributed by atoms with Crippen molar-refractivity contribution < 1.29 is 13.6 Å². The molecule has 1 N–H and O–H groups in total. The third-order valence-electron chi connectivity index (χ3n) is 3.87. The second-order valence-corrected chi connectivity index (χ2v) is 5.26.